The third-order valence-electron chi connectivity index (χ3n) is 8.75. The molecule has 2 fully saturated rings. The Morgan fingerprint density at radius 1 is 1.18 bits per heavy atom. The SMILES string of the molecule is CC1=NCCN1CC(=O)c1ccc(O)c2c1C[C@H]1C[C@H]3[C@H](N(C)C)C(=O)C(C(N)=O)C(=O)[C@@]3(O)C(=O)C1C2=O. The molecule has 206 valence electrons. The molecule has 0 bridgehead atoms. The van der Waals surface area contributed by atoms with E-state index in [1.807, 2.05) is 4.90 Å². The number of hydrogen-bond donors (Lipinski definition) is 3. The summed E-state index contributed by atoms with van der Waals surface area (Å²) in [5, 5.41) is 22.2. The monoisotopic (exact) mass is 538 g/mol. The molecule has 4 aliphatic rings. The van der Waals surface area contributed by atoms with Crippen molar-refractivity contribution in [2.45, 2.75) is 31.4 Å². The van der Waals surface area contributed by atoms with E-state index in [4.69, 9.17) is 5.73 Å². The summed E-state index contributed by atoms with van der Waals surface area (Å²) >= 11 is 0. The normalized spacial score (nSPS) is 32.1. The van der Waals surface area contributed by atoms with Crippen molar-refractivity contribution in [3.8, 4) is 5.75 Å². The molecule has 3 aliphatic carbocycles. The fourth-order valence-electron chi connectivity index (χ4n) is 6.91. The molecule has 0 saturated heterocycles. The van der Waals surface area contributed by atoms with Crippen LogP contribution in [0.1, 0.15) is 39.6 Å². The number of rotatable bonds is 5. The largest absolute Gasteiger partial charge is 0.507 e. The smallest absolute Gasteiger partial charge is 0.235 e. The van der Waals surface area contributed by atoms with Gasteiger partial charge in [0.05, 0.1) is 36.4 Å². The van der Waals surface area contributed by atoms with Crippen LogP contribution >= 0.6 is 0 Å². The number of carbonyl (C=O) groups excluding carboxylic acids is 6. The Bertz CT molecular complexity index is 1380. The number of primary amides is 1. The first-order valence-electron chi connectivity index (χ1n) is 12.8. The zero-order chi connectivity index (χ0) is 28.5. The van der Waals surface area contributed by atoms with E-state index in [0.717, 1.165) is 5.84 Å². The number of fused-ring (bicyclic) bond motifs is 3. The van der Waals surface area contributed by atoms with Gasteiger partial charge in [-0.2, -0.15) is 0 Å². The second-order valence-corrected chi connectivity index (χ2v) is 11.0. The molecule has 4 N–H and O–H groups in total. The lowest BCUT2D eigenvalue weighted by Crippen LogP contribution is -2.74. The Morgan fingerprint density at radius 2 is 1.87 bits per heavy atom. The van der Waals surface area contributed by atoms with Crippen molar-refractivity contribution in [1.29, 1.82) is 0 Å². The molecule has 39 heavy (non-hydrogen) atoms. The average Bonchev–Trinajstić information content (AvgIpc) is 3.25. The van der Waals surface area contributed by atoms with E-state index in [-0.39, 0.29) is 36.3 Å². The number of nitrogens with zero attached hydrogens (tertiary/aromatic N) is 3. The minimum atomic E-state index is -2.79. The van der Waals surface area contributed by atoms with Crippen LogP contribution in [-0.2, 0) is 25.6 Å². The van der Waals surface area contributed by atoms with Crippen LogP contribution in [-0.4, -0.2) is 106 Å². The topological polar surface area (TPSA) is 188 Å². The minimum absolute atomic E-state index is 0.0242. The van der Waals surface area contributed by atoms with Crippen LogP contribution < -0.4 is 5.73 Å². The second kappa shape index (κ2) is 9.16. The number of likely N-dealkylation sites (N-methyl/N-ethyl adjacent to an activating group) is 1. The predicted octanol–water partition coefficient (Wildman–Crippen LogP) is -1.22. The van der Waals surface area contributed by atoms with Gasteiger partial charge in [-0.1, -0.05) is 0 Å². The van der Waals surface area contributed by atoms with Gasteiger partial charge in [0.25, 0.3) is 0 Å². The van der Waals surface area contributed by atoms with Crippen molar-refractivity contribution in [1.82, 2.24) is 9.80 Å². The van der Waals surface area contributed by atoms with Gasteiger partial charge in [0.15, 0.2) is 40.4 Å². The maximum absolute atomic E-state index is 13.8. The lowest BCUT2D eigenvalue weighted by Gasteiger charge is -2.52. The van der Waals surface area contributed by atoms with Crippen molar-refractivity contribution in [3.05, 3.63) is 28.8 Å². The average molecular weight is 539 g/mol. The van der Waals surface area contributed by atoms with Gasteiger partial charge in [-0.05, 0) is 57.5 Å². The molecule has 2 unspecified atom stereocenters. The van der Waals surface area contributed by atoms with E-state index >= 15 is 0 Å². The highest BCUT2D eigenvalue weighted by Gasteiger charge is 2.69. The molecular weight excluding hydrogens is 508 g/mol. The molecule has 12 heteroatoms. The predicted molar refractivity (Wildman–Crippen MR) is 135 cm³/mol. The van der Waals surface area contributed by atoms with Gasteiger partial charge in [0.2, 0.25) is 5.91 Å². The lowest BCUT2D eigenvalue weighted by molar-refractivity contribution is -0.181. The number of phenolic OH excluding ortho intramolecular Hbond substituents is 1. The number of Topliss-reactive ketones (excluding diaryl/α,β-unsaturated/α-hetero) is 5. The summed E-state index contributed by atoms with van der Waals surface area (Å²) in [6.07, 6.45) is -0.0422. The summed E-state index contributed by atoms with van der Waals surface area (Å²) < 4.78 is 0. The summed E-state index contributed by atoms with van der Waals surface area (Å²) in [7, 11) is 3.04. The summed E-state index contributed by atoms with van der Waals surface area (Å²) in [6, 6.07) is 1.48. The van der Waals surface area contributed by atoms with E-state index in [9.17, 15) is 39.0 Å². The Kier molecular flexibility index (Phi) is 6.30. The van der Waals surface area contributed by atoms with Gasteiger partial charge in [-0.15, -0.1) is 0 Å². The molecular formula is C27H30N4O8. The molecule has 1 aromatic rings. The molecule has 0 radical (unpaired) electrons. The molecule has 6 atom stereocenters. The highest BCUT2D eigenvalue weighted by atomic mass is 16.3. The van der Waals surface area contributed by atoms with E-state index in [1.165, 1.54) is 31.1 Å². The number of benzene rings is 1. The number of nitrogens with two attached hydrogens (primary N) is 1. The van der Waals surface area contributed by atoms with Crippen LogP contribution in [0.15, 0.2) is 17.1 Å². The van der Waals surface area contributed by atoms with E-state index in [2.05, 4.69) is 4.99 Å². The van der Waals surface area contributed by atoms with E-state index < -0.39 is 70.1 Å². The molecule has 1 heterocycles. The quantitative estimate of drug-likeness (QED) is 0.303. The first-order valence-corrected chi connectivity index (χ1v) is 12.8. The maximum atomic E-state index is 13.8. The van der Waals surface area contributed by atoms with E-state index in [0.29, 0.717) is 18.7 Å². The molecule has 2 saturated carbocycles. The van der Waals surface area contributed by atoms with Crippen LogP contribution in [0.5, 0.6) is 5.75 Å². The van der Waals surface area contributed by atoms with E-state index in [1.54, 1.807) is 6.92 Å². The van der Waals surface area contributed by atoms with Crippen LogP contribution in [0, 0.1) is 23.7 Å². The van der Waals surface area contributed by atoms with Crippen molar-refractivity contribution < 1.29 is 39.0 Å². The third kappa shape index (κ3) is 3.76. The number of amidine groups is 1. The summed E-state index contributed by atoms with van der Waals surface area (Å²) in [4.78, 5) is 87.0. The van der Waals surface area contributed by atoms with Gasteiger partial charge in [-0.25, -0.2) is 0 Å². The second-order valence-electron chi connectivity index (χ2n) is 11.0. The highest BCUT2D eigenvalue weighted by Crippen LogP contribution is 2.51. The lowest BCUT2D eigenvalue weighted by atomic mass is 9.52. The van der Waals surface area contributed by atoms with Crippen molar-refractivity contribution in [3.63, 3.8) is 0 Å². The van der Waals surface area contributed by atoms with Crippen LogP contribution in [0.2, 0.25) is 0 Å². The number of ketones is 5. The summed E-state index contributed by atoms with van der Waals surface area (Å²) in [6.45, 7) is 2.97. The van der Waals surface area contributed by atoms with Crippen molar-refractivity contribution >= 4 is 40.7 Å². The number of hydrogen-bond acceptors (Lipinski definition) is 11. The molecule has 1 aliphatic heterocycles. The number of phenols is 1. The molecule has 0 spiro atoms. The Balaban J connectivity index is 1.58. The molecule has 1 aromatic carbocycles. The van der Waals surface area contributed by atoms with Gasteiger partial charge < -0.3 is 20.8 Å². The maximum Gasteiger partial charge on any atom is 0.235 e. The Hall–Kier alpha value is -3.77. The number of aliphatic imine (C=N–C) groups is 1. The zero-order valence-electron chi connectivity index (χ0n) is 21.8. The summed E-state index contributed by atoms with van der Waals surface area (Å²) in [5.41, 5.74) is 2.87. The third-order valence-corrected chi connectivity index (χ3v) is 8.75. The van der Waals surface area contributed by atoms with Gasteiger partial charge in [-0.3, -0.25) is 38.7 Å². The fraction of sp³-hybridized carbons (Fsp3) is 0.519. The zero-order valence-corrected chi connectivity index (χ0v) is 21.8. The molecule has 12 nitrogen and oxygen atoms in total. The number of aromatic hydroxyl groups is 1. The van der Waals surface area contributed by atoms with Crippen LogP contribution in [0.3, 0.4) is 0 Å². The van der Waals surface area contributed by atoms with Crippen LogP contribution in [0.25, 0.3) is 0 Å². The Morgan fingerprint density at radius 3 is 2.46 bits per heavy atom. The highest BCUT2D eigenvalue weighted by molar-refractivity contribution is 6.32. The molecule has 5 rings (SSSR count). The van der Waals surface area contributed by atoms with Crippen LogP contribution in [0.4, 0.5) is 0 Å². The standard InChI is InChI=1S/C27H30N4O8/c1-11-29-6-7-31(11)10-17(33)13-4-5-16(32)19-14(13)8-12-9-15-21(30(2)3)23(35)20(26(28)38)25(37)27(15,39)24(36)18(12)22(19)34/h4-5,12,15,18,20-21,32,39H,6-10H2,1-3H3,(H2,28,38)/t12-,15-,18?,20?,21-,27-/m0/s1. The molecule has 0 aromatic heterocycles. The van der Waals surface area contributed by atoms with Gasteiger partial charge in [0.1, 0.15) is 5.75 Å². The minimum Gasteiger partial charge on any atom is -0.507 e. The Labute approximate surface area is 223 Å². The van der Waals surface area contributed by atoms with Gasteiger partial charge in [0, 0.05) is 18.0 Å². The number of carbonyl (C=O) groups is 6. The molecule has 1 amide bonds. The fourth-order valence-corrected chi connectivity index (χ4v) is 6.91. The first-order chi connectivity index (χ1) is 18.3. The van der Waals surface area contributed by atoms with Crippen molar-refractivity contribution in [2.24, 2.45) is 34.4 Å². The number of aliphatic hydroxyl groups is 1. The number of amides is 1. The first kappa shape index (κ1) is 26.8. The van der Waals surface area contributed by atoms with Crippen molar-refractivity contribution in [2.75, 3.05) is 33.7 Å². The van der Waals surface area contributed by atoms with Gasteiger partial charge >= 0.3 is 0 Å². The summed E-state index contributed by atoms with van der Waals surface area (Å²) in [5.74, 6) is -10.8.